The number of piperidine rings is 1. The van der Waals surface area contributed by atoms with Gasteiger partial charge in [0.25, 0.3) is 0 Å². The number of nitrogens with one attached hydrogen (secondary N) is 1. The van der Waals surface area contributed by atoms with Gasteiger partial charge in [-0.1, -0.05) is 6.92 Å². The molecule has 1 fully saturated rings. The predicted octanol–water partition coefficient (Wildman–Crippen LogP) is 1.29. The molecule has 0 amide bonds. The van der Waals surface area contributed by atoms with Crippen molar-refractivity contribution in [3.8, 4) is 6.07 Å². The highest BCUT2D eigenvalue weighted by Gasteiger charge is 2.21. The number of likely N-dealkylation sites (tertiary alicyclic amines) is 1. The van der Waals surface area contributed by atoms with Gasteiger partial charge in [0.15, 0.2) is 0 Å². The first-order chi connectivity index (χ1) is 8.67. The van der Waals surface area contributed by atoms with Crippen LogP contribution in [-0.4, -0.2) is 62.2 Å². The Kier molecular flexibility index (Phi) is 7.26. The molecule has 2 unspecified atom stereocenters. The van der Waals surface area contributed by atoms with E-state index in [0.29, 0.717) is 6.04 Å². The minimum Gasteiger partial charge on any atom is -0.305 e. The SMILES string of the molecule is CCCNC(C#N)CCN(C)C1CCCN(C)C1. The Morgan fingerprint density at radius 3 is 2.94 bits per heavy atom. The number of nitrogens with zero attached hydrogens (tertiary/aromatic N) is 3. The van der Waals surface area contributed by atoms with Gasteiger partial charge in [0.2, 0.25) is 0 Å². The van der Waals surface area contributed by atoms with Gasteiger partial charge in [0.05, 0.1) is 12.1 Å². The van der Waals surface area contributed by atoms with Crippen LogP contribution in [0.3, 0.4) is 0 Å². The van der Waals surface area contributed by atoms with E-state index in [0.717, 1.165) is 32.5 Å². The third-order valence-corrected chi connectivity index (χ3v) is 3.79. The largest absolute Gasteiger partial charge is 0.305 e. The van der Waals surface area contributed by atoms with E-state index in [4.69, 9.17) is 5.26 Å². The first-order valence-electron chi connectivity index (χ1n) is 7.19. The van der Waals surface area contributed by atoms with Gasteiger partial charge in [-0.25, -0.2) is 0 Å². The number of hydrogen-bond acceptors (Lipinski definition) is 4. The van der Waals surface area contributed by atoms with Gasteiger partial charge in [-0.2, -0.15) is 5.26 Å². The minimum atomic E-state index is 0.00807. The highest BCUT2D eigenvalue weighted by atomic mass is 15.2. The van der Waals surface area contributed by atoms with E-state index < -0.39 is 0 Å². The first kappa shape index (κ1) is 15.4. The summed E-state index contributed by atoms with van der Waals surface area (Å²) < 4.78 is 0. The Labute approximate surface area is 112 Å². The molecule has 1 N–H and O–H groups in total. The molecule has 0 saturated carbocycles. The molecule has 0 bridgehead atoms. The monoisotopic (exact) mass is 252 g/mol. The van der Waals surface area contributed by atoms with Gasteiger partial charge in [-0.3, -0.25) is 0 Å². The van der Waals surface area contributed by atoms with E-state index in [2.05, 4.69) is 42.2 Å². The zero-order valence-electron chi connectivity index (χ0n) is 12.2. The van der Waals surface area contributed by atoms with Crippen LogP contribution >= 0.6 is 0 Å². The fraction of sp³-hybridized carbons (Fsp3) is 0.929. The molecule has 104 valence electrons. The highest BCUT2D eigenvalue weighted by Crippen LogP contribution is 2.13. The van der Waals surface area contributed by atoms with E-state index in [1.165, 1.54) is 19.4 Å². The lowest BCUT2D eigenvalue weighted by atomic mass is 10.0. The van der Waals surface area contributed by atoms with Gasteiger partial charge >= 0.3 is 0 Å². The van der Waals surface area contributed by atoms with E-state index in [9.17, 15) is 0 Å². The standard InChI is InChI=1S/C14H28N4/c1-4-8-16-13(11-15)7-10-18(3)14-6-5-9-17(2)12-14/h13-14,16H,4-10,12H2,1-3H3. The van der Waals surface area contributed by atoms with Gasteiger partial charge in [0, 0.05) is 19.1 Å². The van der Waals surface area contributed by atoms with E-state index in [1.54, 1.807) is 0 Å². The zero-order chi connectivity index (χ0) is 13.4. The Balaban J connectivity index is 2.26. The quantitative estimate of drug-likeness (QED) is 0.741. The summed E-state index contributed by atoms with van der Waals surface area (Å²) in [5.41, 5.74) is 0. The molecule has 4 nitrogen and oxygen atoms in total. The molecule has 0 aliphatic carbocycles. The van der Waals surface area contributed by atoms with Gasteiger partial charge in [0.1, 0.15) is 0 Å². The topological polar surface area (TPSA) is 42.3 Å². The molecule has 0 radical (unpaired) electrons. The summed E-state index contributed by atoms with van der Waals surface area (Å²) in [4.78, 5) is 4.83. The Bertz CT molecular complexity index is 261. The molecule has 4 heteroatoms. The van der Waals surface area contributed by atoms with Gasteiger partial charge < -0.3 is 15.1 Å². The van der Waals surface area contributed by atoms with E-state index in [1.807, 2.05) is 0 Å². The van der Waals surface area contributed by atoms with Crippen molar-refractivity contribution in [3.05, 3.63) is 0 Å². The fourth-order valence-electron chi connectivity index (χ4n) is 2.55. The van der Waals surface area contributed by atoms with Gasteiger partial charge in [-0.15, -0.1) is 0 Å². The fourth-order valence-corrected chi connectivity index (χ4v) is 2.55. The molecular weight excluding hydrogens is 224 g/mol. The van der Waals surface area contributed by atoms with Crippen LogP contribution in [0.25, 0.3) is 0 Å². The molecule has 18 heavy (non-hydrogen) atoms. The Morgan fingerprint density at radius 1 is 1.56 bits per heavy atom. The van der Waals surface area contributed by atoms with Crippen molar-refractivity contribution in [1.29, 1.82) is 5.26 Å². The second kappa shape index (κ2) is 8.47. The highest BCUT2D eigenvalue weighted by molar-refractivity contribution is 4.90. The molecule has 1 heterocycles. The van der Waals surface area contributed by atoms with Crippen LogP contribution in [0.4, 0.5) is 0 Å². The zero-order valence-corrected chi connectivity index (χ0v) is 12.2. The van der Waals surface area contributed by atoms with Crippen molar-refractivity contribution in [2.75, 3.05) is 40.3 Å². The average molecular weight is 252 g/mol. The summed E-state index contributed by atoms with van der Waals surface area (Å²) in [5.74, 6) is 0. The van der Waals surface area contributed by atoms with Gasteiger partial charge in [-0.05, 0) is 52.9 Å². The van der Waals surface area contributed by atoms with E-state index in [-0.39, 0.29) is 6.04 Å². The maximum absolute atomic E-state index is 9.08. The third kappa shape index (κ3) is 5.34. The molecule has 1 aliphatic rings. The summed E-state index contributed by atoms with van der Waals surface area (Å²) in [6.07, 6.45) is 4.59. The van der Waals surface area contributed by atoms with Crippen molar-refractivity contribution >= 4 is 0 Å². The van der Waals surface area contributed by atoms with E-state index >= 15 is 0 Å². The maximum atomic E-state index is 9.08. The van der Waals surface area contributed by atoms with Crippen molar-refractivity contribution < 1.29 is 0 Å². The van der Waals surface area contributed by atoms with Crippen LogP contribution in [0.5, 0.6) is 0 Å². The molecule has 0 aromatic rings. The Morgan fingerprint density at radius 2 is 2.33 bits per heavy atom. The summed E-state index contributed by atoms with van der Waals surface area (Å²) in [5, 5.41) is 12.4. The molecule has 1 rings (SSSR count). The molecule has 2 atom stereocenters. The van der Waals surface area contributed by atoms with Crippen LogP contribution in [0.1, 0.15) is 32.6 Å². The predicted molar refractivity (Wildman–Crippen MR) is 75.5 cm³/mol. The number of nitriles is 1. The van der Waals surface area contributed by atoms with Crippen LogP contribution in [0, 0.1) is 11.3 Å². The van der Waals surface area contributed by atoms with Crippen molar-refractivity contribution in [3.63, 3.8) is 0 Å². The smallest absolute Gasteiger partial charge is 0.0965 e. The summed E-state index contributed by atoms with van der Waals surface area (Å²) in [6.45, 7) is 6.46. The van der Waals surface area contributed by atoms with Crippen LogP contribution in [0.2, 0.25) is 0 Å². The van der Waals surface area contributed by atoms with Crippen molar-refractivity contribution in [1.82, 2.24) is 15.1 Å². The Hall–Kier alpha value is -0.630. The molecule has 0 spiro atoms. The normalized spacial score (nSPS) is 22.9. The first-order valence-corrected chi connectivity index (χ1v) is 7.19. The number of rotatable bonds is 7. The summed E-state index contributed by atoms with van der Waals surface area (Å²) >= 11 is 0. The van der Waals surface area contributed by atoms with Crippen LogP contribution in [-0.2, 0) is 0 Å². The lowest BCUT2D eigenvalue weighted by Gasteiger charge is -2.36. The summed E-state index contributed by atoms with van der Waals surface area (Å²) in [6, 6.07) is 3.03. The molecule has 0 aromatic heterocycles. The average Bonchev–Trinajstić information content (AvgIpc) is 2.38. The second-order valence-corrected chi connectivity index (χ2v) is 5.46. The number of likely N-dealkylation sites (N-methyl/N-ethyl adjacent to an activating group) is 2. The minimum absolute atomic E-state index is 0.00807. The summed E-state index contributed by atoms with van der Waals surface area (Å²) in [7, 11) is 4.39. The molecule has 1 aliphatic heterocycles. The van der Waals surface area contributed by atoms with Crippen LogP contribution in [0.15, 0.2) is 0 Å². The second-order valence-electron chi connectivity index (χ2n) is 5.46. The molecule has 0 aromatic carbocycles. The lowest BCUT2D eigenvalue weighted by molar-refractivity contribution is 0.132. The number of hydrogen-bond donors (Lipinski definition) is 1. The van der Waals surface area contributed by atoms with Crippen LogP contribution < -0.4 is 5.32 Å². The maximum Gasteiger partial charge on any atom is 0.0965 e. The molecule has 1 saturated heterocycles. The lowest BCUT2D eigenvalue weighted by Crippen LogP contribution is -2.46. The van der Waals surface area contributed by atoms with Crippen molar-refractivity contribution in [2.24, 2.45) is 0 Å². The van der Waals surface area contributed by atoms with Crippen molar-refractivity contribution in [2.45, 2.75) is 44.7 Å². The third-order valence-electron chi connectivity index (χ3n) is 3.79. The molecular formula is C14H28N4.